The van der Waals surface area contributed by atoms with Gasteiger partial charge in [-0.15, -0.1) is 0 Å². The van der Waals surface area contributed by atoms with Gasteiger partial charge >= 0.3 is 19.5 Å². The van der Waals surface area contributed by atoms with Crippen molar-refractivity contribution in [3.05, 3.63) is 17.3 Å². The number of nitrogens with zero attached hydrogens (tertiary/aromatic N) is 1. The van der Waals surface area contributed by atoms with Crippen molar-refractivity contribution in [1.29, 1.82) is 0 Å². The van der Waals surface area contributed by atoms with Crippen molar-refractivity contribution in [3.63, 3.8) is 0 Å². The van der Waals surface area contributed by atoms with Gasteiger partial charge in [0.2, 0.25) is 6.04 Å². The Balaban J connectivity index is -0.0000000814. The molecule has 1 aliphatic carbocycles. The van der Waals surface area contributed by atoms with Gasteiger partial charge in [-0.05, 0) is 12.8 Å². The van der Waals surface area contributed by atoms with Crippen molar-refractivity contribution in [3.8, 4) is 0 Å². The summed E-state index contributed by atoms with van der Waals surface area (Å²) < 4.78 is 0. The van der Waals surface area contributed by atoms with E-state index in [9.17, 15) is 0 Å². The molecule has 17 heavy (non-hydrogen) atoms. The van der Waals surface area contributed by atoms with Gasteiger partial charge in [0.05, 0.1) is 0 Å². The fourth-order valence-corrected chi connectivity index (χ4v) is 1.21. The second kappa shape index (κ2) is 24.6. The Hall–Kier alpha value is -0.547. The SMILES string of the molecule is C[C-](C)C.[C-]#[N+]C1CCCCC1.[CH-]=O.[CH-]=O.[Ru+4]. The molecule has 0 radical (unpaired) electrons. The third-order valence-electron chi connectivity index (χ3n) is 1.76. The molecule has 98 valence electrons. The maximum Gasteiger partial charge on any atom is 4.00 e. The summed E-state index contributed by atoms with van der Waals surface area (Å²) in [7, 11) is 0. The first-order valence-corrected chi connectivity index (χ1v) is 5.27. The molecule has 0 N–H and O–H groups in total. The standard InChI is InChI=1S/C7H11N.C4H9.2CHO.Ru/c1-8-7-5-3-2-4-6-7;1-4(2)3;2*1-2;/h7H,2-6H2;1-3H3;2*1H;/q;3*-1;+4. The van der Waals surface area contributed by atoms with E-state index >= 15 is 0 Å². The van der Waals surface area contributed by atoms with Gasteiger partial charge in [0.1, 0.15) is 0 Å². The van der Waals surface area contributed by atoms with Crippen LogP contribution in [0, 0.1) is 12.5 Å². The third-order valence-corrected chi connectivity index (χ3v) is 1.76. The second-order valence-corrected chi connectivity index (χ2v) is 3.92. The fraction of sp³-hybridized carbons (Fsp3) is 0.692. The van der Waals surface area contributed by atoms with Gasteiger partial charge in [0, 0.05) is 12.8 Å². The van der Waals surface area contributed by atoms with Crippen molar-refractivity contribution < 1.29 is 29.1 Å². The van der Waals surface area contributed by atoms with Gasteiger partial charge in [0.25, 0.3) is 0 Å². The molecule has 0 aromatic heterocycles. The number of rotatable bonds is 0. The predicted octanol–water partition coefficient (Wildman–Crippen LogP) is 3.31. The van der Waals surface area contributed by atoms with E-state index in [0.717, 1.165) is 12.8 Å². The average molecular weight is 325 g/mol. The zero-order valence-electron chi connectivity index (χ0n) is 10.9. The van der Waals surface area contributed by atoms with E-state index in [1.165, 1.54) is 25.2 Å². The van der Waals surface area contributed by atoms with Crippen LogP contribution in [-0.2, 0) is 29.1 Å². The Kier molecular flexibility index (Phi) is 36.7. The molecule has 1 rings (SSSR count). The Bertz CT molecular complexity index is 159. The van der Waals surface area contributed by atoms with E-state index < -0.39 is 0 Å². The molecule has 0 heterocycles. The maximum atomic E-state index is 7.75. The van der Waals surface area contributed by atoms with Crippen LogP contribution in [0.5, 0.6) is 0 Å². The van der Waals surface area contributed by atoms with Crippen LogP contribution in [0.15, 0.2) is 0 Å². The van der Waals surface area contributed by atoms with Crippen LogP contribution in [0.3, 0.4) is 0 Å². The normalized spacial score (nSPS) is 13.1. The average Bonchev–Trinajstić information content (AvgIpc) is 2.34. The van der Waals surface area contributed by atoms with E-state index in [-0.39, 0.29) is 19.5 Å². The third kappa shape index (κ3) is 31.3. The van der Waals surface area contributed by atoms with Gasteiger partial charge in [-0.3, -0.25) is 13.6 Å². The molecule has 1 aliphatic rings. The van der Waals surface area contributed by atoms with Gasteiger partial charge in [-0.25, -0.2) is 6.57 Å². The second-order valence-electron chi connectivity index (χ2n) is 3.92. The summed E-state index contributed by atoms with van der Waals surface area (Å²) in [6.07, 6.45) is 6.24. The van der Waals surface area contributed by atoms with Crippen LogP contribution >= 0.6 is 0 Å². The fourth-order valence-electron chi connectivity index (χ4n) is 1.21. The van der Waals surface area contributed by atoms with Gasteiger partial charge in [0.15, 0.2) is 0 Å². The molecule has 0 unspecified atom stereocenters. The summed E-state index contributed by atoms with van der Waals surface area (Å²) in [5.41, 5.74) is 0. The Morgan fingerprint density at radius 1 is 1.00 bits per heavy atom. The van der Waals surface area contributed by atoms with E-state index in [1.54, 1.807) is 0 Å². The van der Waals surface area contributed by atoms with Gasteiger partial charge < -0.3 is 20.4 Å². The van der Waals surface area contributed by atoms with Crippen molar-refractivity contribution in [2.24, 2.45) is 0 Å². The summed E-state index contributed by atoms with van der Waals surface area (Å²) in [5.74, 6) is 1.42. The molecule has 0 bridgehead atoms. The van der Waals surface area contributed by atoms with E-state index in [0.29, 0.717) is 6.04 Å². The number of hydrogen-bond donors (Lipinski definition) is 0. The van der Waals surface area contributed by atoms with Crippen LogP contribution in [-0.4, -0.2) is 19.6 Å². The molecule has 0 aliphatic heterocycles. The molecule has 0 aromatic carbocycles. The molecule has 0 aromatic rings. The molecule has 4 heteroatoms. The minimum atomic E-state index is 0. The van der Waals surface area contributed by atoms with E-state index in [2.05, 4.69) is 39.2 Å². The largest absolute Gasteiger partial charge is 4.00 e. The Morgan fingerprint density at radius 2 is 1.29 bits per heavy atom. The van der Waals surface area contributed by atoms with Gasteiger partial charge in [-0.1, -0.05) is 6.42 Å². The van der Waals surface area contributed by atoms with Crippen LogP contribution < -0.4 is 0 Å². The maximum absolute atomic E-state index is 7.75. The van der Waals surface area contributed by atoms with Crippen LogP contribution in [0.1, 0.15) is 52.9 Å². The van der Waals surface area contributed by atoms with Crippen LogP contribution in [0.2, 0.25) is 0 Å². The first kappa shape index (κ1) is 25.3. The van der Waals surface area contributed by atoms with Crippen LogP contribution in [0.25, 0.3) is 4.85 Å². The zero-order valence-corrected chi connectivity index (χ0v) is 12.6. The minimum Gasteiger partial charge on any atom is -0.545 e. The van der Waals surface area contributed by atoms with Crippen LogP contribution in [0.4, 0.5) is 0 Å². The molecule has 3 nitrogen and oxygen atoms in total. The van der Waals surface area contributed by atoms with Gasteiger partial charge in [-0.2, -0.15) is 20.8 Å². The smallest absolute Gasteiger partial charge is 0.545 e. The first-order valence-electron chi connectivity index (χ1n) is 5.27. The first-order chi connectivity index (χ1) is 7.66. The quantitative estimate of drug-likeness (QED) is 0.389. The Labute approximate surface area is 119 Å². The molecule has 0 spiro atoms. The van der Waals surface area contributed by atoms with E-state index in [1.807, 2.05) is 0 Å². The summed E-state index contributed by atoms with van der Waals surface area (Å²) in [6, 6.07) is 0.378. The summed E-state index contributed by atoms with van der Waals surface area (Å²) in [6.45, 7) is 19.5. The summed E-state index contributed by atoms with van der Waals surface area (Å²) >= 11 is 0. The van der Waals surface area contributed by atoms with Crippen molar-refractivity contribution in [2.75, 3.05) is 0 Å². The van der Waals surface area contributed by atoms with Crippen molar-refractivity contribution >= 4 is 13.6 Å². The monoisotopic (exact) mass is 326 g/mol. The van der Waals surface area contributed by atoms with E-state index in [4.69, 9.17) is 16.2 Å². The zero-order chi connectivity index (χ0) is 13.4. The topological polar surface area (TPSA) is 38.5 Å². The number of carbonyl (C=O) groups excluding carboxylic acids is 2. The Morgan fingerprint density at radius 3 is 1.47 bits per heavy atom. The molecule has 0 amide bonds. The van der Waals surface area contributed by atoms with Crippen molar-refractivity contribution in [2.45, 2.75) is 58.9 Å². The summed E-state index contributed by atoms with van der Waals surface area (Å²) in [4.78, 5) is 19.0. The molecule has 0 saturated heterocycles. The van der Waals surface area contributed by atoms with Crippen molar-refractivity contribution in [1.82, 2.24) is 0 Å². The minimum absolute atomic E-state index is 0. The number of hydrogen-bond acceptors (Lipinski definition) is 2. The molecular weight excluding hydrogens is 303 g/mol. The summed E-state index contributed by atoms with van der Waals surface area (Å²) in [5, 5.41) is 0. The molecule has 1 saturated carbocycles. The molecule has 1 fully saturated rings. The molecule has 0 atom stereocenters. The molecular formula is C13H22NO2Ru+. The predicted molar refractivity (Wildman–Crippen MR) is 67.2 cm³/mol.